The van der Waals surface area contributed by atoms with Crippen LogP contribution in [-0.4, -0.2) is 13.2 Å². The van der Waals surface area contributed by atoms with Crippen LogP contribution >= 0.6 is 0 Å². The molecule has 2 heteroatoms. The van der Waals surface area contributed by atoms with Crippen molar-refractivity contribution in [2.45, 2.75) is 0 Å². The first-order valence-electron chi connectivity index (χ1n) is 2.06. The van der Waals surface area contributed by atoms with Crippen LogP contribution in [0.5, 0.6) is 0 Å². The molecule has 0 bridgehead atoms. The lowest BCUT2D eigenvalue weighted by Crippen LogP contribution is -1.96. The first-order valence-corrected chi connectivity index (χ1v) is 2.06. The highest BCUT2D eigenvalue weighted by molar-refractivity contribution is 4.70. The van der Waals surface area contributed by atoms with Gasteiger partial charge in [0, 0.05) is 0 Å². The van der Waals surface area contributed by atoms with Crippen molar-refractivity contribution in [2.24, 2.45) is 0 Å². The fourth-order valence-corrected chi connectivity index (χ4v) is 0.201. The highest BCUT2D eigenvalue weighted by Crippen LogP contribution is 1.71. The monoisotopic (exact) mass is 110 g/mol. The fraction of sp³-hybridized carbons (Fsp3) is 0.333. The van der Waals surface area contributed by atoms with Gasteiger partial charge in [-0.1, -0.05) is 12.8 Å². The zero-order chi connectivity index (χ0) is 6.24. The summed E-state index contributed by atoms with van der Waals surface area (Å²) in [6.45, 7) is 0.696. The molecule has 0 amide bonds. The van der Waals surface area contributed by atoms with Crippen LogP contribution in [0.2, 0.25) is 0 Å². The molecular formula is C6H6O2. The summed E-state index contributed by atoms with van der Waals surface area (Å²) in [5.74, 6) is 0. The zero-order valence-corrected chi connectivity index (χ0v) is 4.39. The molecule has 8 heavy (non-hydrogen) atoms. The van der Waals surface area contributed by atoms with E-state index in [0.717, 1.165) is 0 Å². The molecular weight excluding hydrogens is 104 g/mol. The maximum Gasteiger partial charge on any atom is 0.135 e. The van der Waals surface area contributed by atoms with Gasteiger partial charge < -0.3 is 9.47 Å². The van der Waals surface area contributed by atoms with Crippen molar-refractivity contribution in [3.63, 3.8) is 0 Å². The van der Waals surface area contributed by atoms with E-state index in [-0.39, 0.29) is 0 Å². The first kappa shape index (κ1) is 6.72. The predicted molar refractivity (Wildman–Crippen MR) is 29.6 cm³/mol. The largest absolute Gasteiger partial charge is 0.443 e. The highest BCUT2D eigenvalue weighted by Gasteiger charge is 1.78. The molecule has 0 saturated heterocycles. The van der Waals surface area contributed by atoms with Gasteiger partial charge >= 0.3 is 0 Å². The lowest BCUT2D eigenvalue weighted by atomic mass is 10.8. The van der Waals surface area contributed by atoms with Crippen LogP contribution in [0.25, 0.3) is 0 Å². The Bertz CT molecular complexity index is 99.5. The van der Waals surface area contributed by atoms with Gasteiger partial charge in [0.25, 0.3) is 0 Å². The molecule has 0 aliphatic rings. The summed E-state index contributed by atoms with van der Waals surface area (Å²) in [4.78, 5) is 0. The summed E-state index contributed by atoms with van der Waals surface area (Å²) < 4.78 is 8.89. The van der Waals surface area contributed by atoms with Crippen LogP contribution in [0.3, 0.4) is 0 Å². The third kappa shape index (κ3) is 4.72. The quantitative estimate of drug-likeness (QED) is 0.381. The standard InChI is InChI=1S/C6H6O2/c1-3-7-5-6-8-4-2/h1-2H,5-6H2. The molecule has 0 radical (unpaired) electrons. The van der Waals surface area contributed by atoms with E-state index in [9.17, 15) is 0 Å². The molecule has 0 aromatic heterocycles. The second-order valence-electron chi connectivity index (χ2n) is 0.933. The van der Waals surface area contributed by atoms with E-state index >= 15 is 0 Å². The van der Waals surface area contributed by atoms with Crippen molar-refractivity contribution < 1.29 is 9.47 Å². The molecule has 0 unspecified atom stereocenters. The summed E-state index contributed by atoms with van der Waals surface area (Å²) in [5.41, 5.74) is 0. The first-order chi connectivity index (χ1) is 3.91. The van der Waals surface area contributed by atoms with E-state index in [1.165, 1.54) is 0 Å². The second-order valence-corrected chi connectivity index (χ2v) is 0.933. The Morgan fingerprint density at radius 1 is 1.00 bits per heavy atom. The van der Waals surface area contributed by atoms with Gasteiger partial charge in [0.2, 0.25) is 0 Å². The minimum absolute atomic E-state index is 0.348. The van der Waals surface area contributed by atoms with Crippen molar-refractivity contribution in [2.75, 3.05) is 13.2 Å². The van der Waals surface area contributed by atoms with Crippen LogP contribution in [0.15, 0.2) is 0 Å². The van der Waals surface area contributed by atoms with Crippen LogP contribution in [-0.2, 0) is 9.47 Å². The van der Waals surface area contributed by atoms with Gasteiger partial charge in [0.05, 0.1) is 0 Å². The molecule has 2 nitrogen and oxygen atoms in total. The average Bonchev–Trinajstić information content (AvgIpc) is 1.81. The van der Waals surface area contributed by atoms with Gasteiger partial charge in [-0.2, -0.15) is 0 Å². The molecule has 42 valence electrons. The molecule has 0 atom stereocenters. The average molecular weight is 110 g/mol. The van der Waals surface area contributed by atoms with Crippen LogP contribution in [0.4, 0.5) is 0 Å². The zero-order valence-electron chi connectivity index (χ0n) is 4.39. The lowest BCUT2D eigenvalue weighted by molar-refractivity contribution is 0.176. The molecule has 0 heterocycles. The van der Waals surface area contributed by atoms with E-state index < -0.39 is 0 Å². The Balaban J connectivity index is 2.77. The van der Waals surface area contributed by atoms with Crippen molar-refractivity contribution in [1.29, 1.82) is 0 Å². The fourth-order valence-electron chi connectivity index (χ4n) is 0.201. The third-order valence-electron chi connectivity index (χ3n) is 0.454. The molecule has 0 rings (SSSR count). The number of hydrogen-bond acceptors (Lipinski definition) is 2. The van der Waals surface area contributed by atoms with Crippen LogP contribution in [0.1, 0.15) is 0 Å². The van der Waals surface area contributed by atoms with E-state index in [1.807, 2.05) is 12.2 Å². The van der Waals surface area contributed by atoms with Gasteiger partial charge in [-0.3, -0.25) is 0 Å². The minimum atomic E-state index is 0.348. The summed E-state index contributed by atoms with van der Waals surface area (Å²) in [6, 6.07) is 0. The van der Waals surface area contributed by atoms with Gasteiger partial charge in [-0.15, -0.1) is 0 Å². The van der Waals surface area contributed by atoms with Crippen molar-refractivity contribution in [3.8, 4) is 25.1 Å². The summed E-state index contributed by atoms with van der Waals surface area (Å²) in [7, 11) is 0. The molecule has 0 aliphatic carbocycles. The SMILES string of the molecule is C#COCCOC#C. The maximum atomic E-state index is 4.73. The van der Waals surface area contributed by atoms with Crippen LogP contribution in [0, 0.1) is 25.1 Å². The number of terminal acetylenes is 2. The molecule has 0 saturated carbocycles. The summed E-state index contributed by atoms with van der Waals surface area (Å²) >= 11 is 0. The highest BCUT2D eigenvalue weighted by atomic mass is 16.5. The third-order valence-corrected chi connectivity index (χ3v) is 0.454. The molecule has 0 fully saturated rings. The van der Waals surface area contributed by atoms with E-state index in [1.54, 1.807) is 0 Å². The Morgan fingerprint density at radius 3 is 1.62 bits per heavy atom. The van der Waals surface area contributed by atoms with Gasteiger partial charge in [-0.25, -0.2) is 0 Å². The van der Waals surface area contributed by atoms with Crippen molar-refractivity contribution in [1.82, 2.24) is 0 Å². The Morgan fingerprint density at radius 2 is 1.38 bits per heavy atom. The molecule has 0 aliphatic heterocycles. The predicted octanol–water partition coefficient (Wildman–Crippen LogP) is 0.201. The molecule has 0 spiro atoms. The molecule has 0 aromatic rings. The topological polar surface area (TPSA) is 18.5 Å². The van der Waals surface area contributed by atoms with Crippen molar-refractivity contribution in [3.05, 3.63) is 0 Å². The van der Waals surface area contributed by atoms with E-state index in [4.69, 9.17) is 12.8 Å². The number of rotatable bonds is 3. The molecule has 0 aromatic carbocycles. The molecule has 0 N–H and O–H groups in total. The van der Waals surface area contributed by atoms with Crippen molar-refractivity contribution >= 4 is 0 Å². The smallest absolute Gasteiger partial charge is 0.135 e. The van der Waals surface area contributed by atoms with Gasteiger partial charge in [0.15, 0.2) is 0 Å². The maximum absolute atomic E-state index is 4.73. The van der Waals surface area contributed by atoms with Crippen LogP contribution < -0.4 is 0 Å². The van der Waals surface area contributed by atoms with Gasteiger partial charge in [-0.05, 0) is 0 Å². The summed E-state index contributed by atoms with van der Waals surface area (Å²) in [5, 5.41) is 0. The van der Waals surface area contributed by atoms with E-state index in [0.29, 0.717) is 13.2 Å². The second kappa shape index (κ2) is 5.72. The Kier molecular flexibility index (Phi) is 4.80. The van der Waals surface area contributed by atoms with E-state index in [2.05, 4.69) is 9.47 Å². The van der Waals surface area contributed by atoms with Gasteiger partial charge in [0.1, 0.15) is 25.4 Å². The Labute approximate surface area is 48.8 Å². The minimum Gasteiger partial charge on any atom is -0.443 e. The number of hydrogen-bond donors (Lipinski definition) is 0. The lowest BCUT2D eigenvalue weighted by Gasteiger charge is -1.92. The Hall–Kier alpha value is -1.28. The summed E-state index contributed by atoms with van der Waals surface area (Å²) in [6.07, 6.45) is 13.4. The normalized spacial score (nSPS) is 6.25. The number of ether oxygens (including phenoxy) is 2.